The standard InChI is InChI=1S/C28H42N4O3.2ClH/c1-2-18-32(24-12-13-25-22(20-24)9-14-26(33)27(25)34)19-6-4-3-5-16-30-17-15-21-7-10-23(11-8-21)31-28(29)35;;/h7-11,14,24,30,33-34H,2-6,12-13,15-20H2,1H3,(H3,29,31,35);2*1H. The van der Waals surface area contributed by atoms with Gasteiger partial charge in [-0.2, -0.15) is 0 Å². The number of fused-ring (bicyclic) bond motifs is 1. The highest BCUT2D eigenvalue weighted by atomic mass is 35.5. The molecule has 0 saturated heterocycles. The molecule has 37 heavy (non-hydrogen) atoms. The van der Waals surface area contributed by atoms with Crippen molar-refractivity contribution in [3.63, 3.8) is 0 Å². The van der Waals surface area contributed by atoms with Crippen molar-refractivity contribution in [2.75, 3.05) is 31.5 Å². The van der Waals surface area contributed by atoms with Crippen molar-refractivity contribution < 1.29 is 15.0 Å². The van der Waals surface area contributed by atoms with Crippen molar-refractivity contribution in [2.45, 2.75) is 70.8 Å². The number of nitrogens with zero attached hydrogens (tertiary/aromatic N) is 1. The molecule has 0 aromatic heterocycles. The number of phenols is 2. The van der Waals surface area contributed by atoms with E-state index in [0.717, 1.165) is 69.5 Å². The summed E-state index contributed by atoms with van der Waals surface area (Å²) in [6.45, 7) is 6.47. The van der Waals surface area contributed by atoms with Crippen LogP contribution in [0.15, 0.2) is 36.4 Å². The molecule has 0 saturated carbocycles. The van der Waals surface area contributed by atoms with E-state index >= 15 is 0 Å². The van der Waals surface area contributed by atoms with Crippen molar-refractivity contribution in [1.82, 2.24) is 10.2 Å². The van der Waals surface area contributed by atoms with Crippen LogP contribution >= 0.6 is 24.8 Å². The number of primary amides is 1. The number of hydrogen-bond acceptors (Lipinski definition) is 5. The molecule has 6 N–H and O–H groups in total. The third kappa shape index (κ3) is 10.6. The number of rotatable bonds is 14. The Bertz CT molecular complexity index is 944. The van der Waals surface area contributed by atoms with Crippen LogP contribution in [0.3, 0.4) is 0 Å². The molecule has 2 aromatic carbocycles. The van der Waals surface area contributed by atoms with Gasteiger partial charge in [-0.05, 0) is 100 Å². The van der Waals surface area contributed by atoms with E-state index in [-0.39, 0.29) is 36.3 Å². The fourth-order valence-electron chi connectivity index (χ4n) is 5.05. The Morgan fingerprint density at radius 1 is 1.00 bits per heavy atom. The second-order valence-corrected chi connectivity index (χ2v) is 9.60. The first-order valence-corrected chi connectivity index (χ1v) is 13.1. The van der Waals surface area contributed by atoms with E-state index in [9.17, 15) is 15.0 Å². The molecule has 9 heteroatoms. The molecule has 2 amide bonds. The summed E-state index contributed by atoms with van der Waals surface area (Å²) >= 11 is 0. The summed E-state index contributed by atoms with van der Waals surface area (Å²) < 4.78 is 0. The van der Waals surface area contributed by atoms with Gasteiger partial charge in [-0.1, -0.05) is 38.0 Å². The van der Waals surface area contributed by atoms with E-state index in [1.54, 1.807) is 6.07 Å². The number of benzene rings is 2. The van der Waals surface area contributed by atoms with Crippen LogP contribution in [0.1, 0.15) is 62.1 Å². The van der Waals surface area contributed by atoms with Gasteiger partial charge in [0.05, 0.1) is 0 Å². The first kappa shape index (κ1) is 32.8. The van der Waals surface area contributed by atoms with Crippen LogP contribution in [-0.2, 0) is 19.3 Å². The summed E-state index contributed by atoms with van der Waals surface area (Å²) in [5.41, 5.74) is 9.20. The summed E-state index contributed by atoms with van der Waals surface area (Å²) in [5.74, 6) is 0.0717. The Morgan fingerprint density at radius 3 is 2.43 bits per heavy atom. The lowest BCUT2D eigenvalue weighted by Crippen LogP contribution is -2.40. The molecule has 0 aliphatic heterocycles. The topological polar surface area (TPSA) is 111 Å². The molecular weight excluding hydrogens is 511 g/mol. The maximum Gasteiger partial charge on any atom is 0.316 e. The molecule has 2 aromatic rings. The molecule has 0 bridgehead atoms. The zero-order valence-electron chi connectivity index (χ0n) is 21.9. The van der Waals surface area contributed by atoms with Gasteiger partial charge in [0, 0.05) is 17.3 Å². The molecule has 0 radical (unpaired) electrons. The van der Waals surface area contributed by atoms with E-state index in [2.05, 4.69) is 22.5 Å². The van der Waals surface area contributed by atoms with Gasteiger partial charge in [0.25, 0.3) is 0 Å². The summed E-state index contributed by atoms with van der Waals surface area (Å²) in [4.78, 5) is 13.5. The third-order valence-corrected chi connectivity index (χ3v) is 6.93. The Kier molecular flexibility index (Phi) is 15.4. The van der Waals surface area contributed by atoms with E-state index in [0.29, 0.717) is 6.04 Å². The van der Waals surface area contributed by atoms with Crippen LogP contribution in [0, 0.1) is 0 Å². The number of anilines is 1. The third-order valence-electron chi connectivity index (χ3n) is 6.93. The van der Waals surface area contributed by atoms with Crippen molar-refractivity contribution >= 4 is 36.5 Å². The molecule has 7 nitrogen and oxygen atoms in total. The highest BCUT2D eigenvalue weighted by Crippen LogP contribution is 2.36. The average Bonchev–Trinajstić information content (AvgIpc) is 2.85. The number of hydrogen-bond donors (Lipinski definition) is 5. The molecule has 0 spiro atoms. The van der Waals surface area contributed by atoms with Gasteiger partial charge in [0.1, 0.15) is 0 Å². The second-order valence-electron chi connectivity index (χ2n) is 9.60. The van der Waals surface area contributed by atoms with Gasteiger partial charge in [-0.25, -0.2) is 4.79 Å². The number of carbonyl (C=O) groups excluding carboxylic acids is 1. The van der Waals surface area contributed by atoms with Crippen LogP contribution < -0.4 is 16.4 Å². The number of carbonyl (C=O) groups is 1. The lowest BCUT2D eigenvalue weighted by atomic mass is 9.86. The summed E-state index contributed by atoms with van der Waals surface area (Å²) in [6, 6.07) is 11.4. The minimum Gasteiger partial charge on any atom is -0.504 e. The first-order chi connectivity index (χ1) is 17.0. The minimum absolute atomic E-state index is 0. The number of aromatic hydroxyl groups is 2. The van der Waals surface area contributed by atoms with Gasteiger partial charge in [-0.15, -0.1) is 24.8 Å². The molecule has 208 valence electrons. The minimum atomic E-state index is -0.541. The lowest BCUT2D eigenvalue weighted by Gasteiger charge is -2.35. The van der Waals surface area contributed by atoms with Crippen LogP contribution in [0.25, 0.3) is 0 Å². The number of unbranched alkanes of at least 4 members (excludes halogenated alkanes) is 3. The first-order valence-electron chi connectivity index (χ1n) is 13.1. The van der Waals surface area contributed by atoms with E-state index in [1.165, 1.54) is 36.8 Å². The number of nitrogens with one attached hydrogen (secondary N) is 2. The highest BCUT2D eigenvalue weighted by molar-refractivity contribution is 5.87. The molecule has 0 heterocycles. The largest absolute Gasteiger partial charge is 0.504 e. The quantitative estimate of drug-likeness (QED) is 0.159. The Morgan fingerprint density at radius 2 is 1.73 bits per heavy atom. The smallest absolute Gasteiger partial charge is 0.316 e. The Hall–Kier alpha value is -2.19. The summed E-state index contributed by atoms with van der Waals surface area (Å²) in [6.07, 6.45) is 9.83. The SMILES string of the molecule is CCCN(CCCCCCNCCc1ccc(NC(N)=O)cc1)C1CCc2c(ccc(O)c2O)C1.Cl.Cl. The summed E-state index contributed by atoms with van der Waals surface area (Å²) in [7, 11) is 0. The maximum absolute atomic E-state index is 10.9. The number of phenolic OH excluding ortho intramolecular Hbond substituents is 2. The van der Waals surface area contributed by atoms with Crippen molar-refractivity contribution in [3.05, 3.63) is 53.1 Å². The molecule has 1 unspecified atom stereocenters. The predicted molar refractivity (Wildman–Crippen MR) is 157 cm³/mol. The van der Waals surface area contributed by atoms with Crippen LogP contribution in [0.4, 0.5) is 10.5 Å². The van der Waals surface area contributed by atoms with Gasteiger partial charge < -0.3 is 31.5 Å². The molecule has 3 rings (SSSR count). The molecule has 1 aliphatic carbocycles. The molecule has 0 fully saturated rings. The second kappa shape index (κ2) is 17.3. The summed E-state index contributed by atoms with van der Waals surface area (Å²) in [5, 5.41) is 26.0. The van der Waals surface area contributed by atoms with Crippen molar-refractivity contribution in [1.29, 1.82) is 0 Å². The number of halogens is 2. The number of urea groups is 1. The van der Waals surface area contributed by atoms with E-state index < -0.39 is 6.03 Å². The monoisotopic (exact) mass is 554 g/mol. The van der Waals surface area contributed by atoms with Gasteiger partial charge in [0.15, 0.2) is 11.5 Å². The normalized spacial score (nSPS) is 14.4. The van der Waals surface area contributed by atoms with Gasteiger partial charge in [-0.3, -0.25) is 0 Å². The Labute approximate surface area is 234 Å². The van der Waals surface area contributed by atoms with Crippen molar-refractivity contribution in [3.8, 4) is 11.5 Å². The van der Waals surface area contributed by atoms with Crippen LogP contribution in [-0.4, -0.2) is 53.4 Å². The fourth-order valence-corrected chi connectivity index (χ4v) is 5.05. The van der Waals surface area contributed by atoms with Gasteiger partial charge in [0.2, 0.25) is 0 Å². The van der Waals surface area contributed by atoms with Crippen LogP contribution in [0.2, 0.25) is 0 Å². The number of amides is 2. The van der Waals surface area contributed by atoms with Crippen LogP contribution in [0.5, 0.6) is 11.5 Å². The molecule has 1 atom stereocenters. The van der Waals surface area contributed by atoms with Gasteiger partial charge >= 0.3 is 6.03 Å². The average molecular weight is 556 g/mol. The van der Waals surface area contributed by atoms with E-state index in [1.807, 2.05) is 30.3 Å². The zero-order chi connectivity index (χ0) is 25.0. The lowest BCUT2D eigenvalue weighted by molar-refractivity contribution is 0.175. The molecule has 1 aliphatic rings. The van der Waals surface area contributed by atoms with Crippen molar-refractivity contribution in [2.24, 2.45) is 5.73 Å². The Balaban J connectivity index is 0.00000342. The number of nitrogens with two attached hydrogens (primary N) is 1. The maximum atomic E-state index is 10.9. The fraction of sp³-hybridized carbons (Fsp3) is 0.536. The van der Waals surface area contributed by atoms with E-state index in [4.69, 9.17) is 5.73 Å². The highest BCUT2D eigenvalue weighted by Gasteiger charge is 2.26. The zero-order valence-corrected chi connectivity index (χ0v) is 23.5. The molecular formula is C28H44Cl2N4O3. The predicted octanol–water partition coefficient (Wildman–Crippen LogP) is 5.39.